The quantitative estimate of drug-likeness (QED) is 0.158. The molecule has 11 rings (SSSR count). The van der Waals surface area contributed by atoms with Crippen LogP contribution in [0.4, 0.5) is 0 Å². The van der Waals surface area contributed by atoms with Crippen molar-refractivity contribution in [2.45, 2.75) is 13.8 Å². The maximum absolute atomic E-state index is 5.14. The second kappa shape index (κ2) is 28.5. The van der Waals surface area contributed by atoms with E-state index < -0.39 is 0 Å². The van der Waals surface area contributed by atoms with Gasteiger partial charge in [-0.05, 0) is 204 Å². The second-order valence-electron chi connectivity index (χ2n) is 17.6. The normalized spacial score (nSPS) is 8.82. The van der Waals surface area contributed by atoms with E-state index in [9.17, 15) is 0 Å². The largest absolute Gasteiger partial charge is 0.309 e. The zero-order valence-electron chi connectivity index (χ0n) is 45.6. The van der Waals surface area contributed by atoms with Crippen LogP contribution in [-0.4, -0.2) is 14.1 Å². The minimum Gasteiger partial charge on any atom is -0.309 e. The number of hydrogen-bond acceptors (Lipinski definition) is 2. The summed E-state index contributed by atoms with van der Waals surface area (Å²) in [6, 6.07) is 67.9. The van der Waals surface area contributed by atoms with E-state index in [2.05, 4.69) is 375 Å². The molecule has 11 aromatic rings. The van der Waals surface area contributed by atoms with Gasteiger partial charge in [-0.25, -0.2) is 4.98 Å². The standard InChI is InChI=1S/C49H31N3S.C32H6/c1-2-10-32(11-3-1)33-18-20-34(21-19-33)49-50-43-14-6-8-16-46(43)52(49)38-26-24-37(25-27-38)51-44-15-7-4-12-39(44)41-30-35(22-28-45(41)51)36-23-29-48-42(31-36)40-13-5-9-17-47(40)53-48;1-3-5-7-9-11-13-15-17-19-21-23-25-27-29-31-32-30-28-26-24-22-20-18-16-14-12-10-8-6-4-2/h1-31H;1-2H3. The fraction of sp³-hybridized carbons (Fsp3) is 0.0247. The maximum atomic E-state index is 5.14. The Labute approximate surface area is 499 Å². The second-order valence-corrected chi connectivity index (χ2v) is 18.7. The summed E-state index contributed by atoms with van der Waals surface area (Å²) < 4.78 is 7.33. The van der Waals surface area contributed by atoms with Crippen LogP contribution in [0.25, 0.3) is 98.0 Å². The first-order chi connectivity index (χ1) is 42.2. The van der Waals surface area contributed by atoms with Gasteiger partial charge in [0.25, 0.3) is 0 Å². The average molecular weight is 1080 g/mol. The third-order valence-corrected chi connectivity index (χ3v) is 13.6. The van der Waals surface area contributed by atoms with Gasteiger partial charge in [-0.1, -0.05) is 127 Å². The van der Waals surface area contributed by atoms with Crippen LogP contribution in [0.15, 0.2) is 188 Å². The molecule has 0 bridgehead atoms. The molecule has 0 unspecified atom stereocenters. The van der Waals surface area contributed by atoms with Crippen LogP contribution >= 0.6 is 11.3 Å². The molecule has 3 heterocycles. The summed E-state index contributed by atoms with van der Waals surface area (Å²) >= 11 is 1.86. The zero-order chi connectivity index (χ0) is 58.1. The van der Waals surface area contributed by atoms with Gasteiger partial charge in [-0.15, -0.1) is 11.3 Å². The topological polar surface area (TPSA) is 22.8 Å². The number of hydrogen-bond donors (Lipinski definition) is 0. The Morgan fingerprint density at radius 1 is 0.271 bits per heavy atom. The van der Waals surface area contributed by atoms with E-state index in [0.717, 1.165) is 33.8 Å². The lowest BCUT2D eigenvalue weighted by atomic mass is 10.0. The molecule has 0 aliphatic rings. The summed E-state index contributed by atoms with van der Waals surface area (Å²) in [4.78, 5) is 5.14. The molecule has 0 amide bonds. The van der Waals surface area contributed by atoms with Crippen LogP contribution in [0.2, 0.25) is 0 Å². The van der Waals surface area contributed by atoms with Crippen molar-refractivity contribution in [2.75, 3.05) is 0 Å². The number of imidazole rings is 1. The highest BCUT2D eigenvalue weighted by molar-refractivity contribution is 7.25. The van der Waals surface area contributed by atoms with Crippen LogP contribution in [0.1, 0.15) is 13.8 Å². The number of fused-ring (bicyclic) bond motifs is 7. The lowest BCUT2D eigenvalue weighted by molar-refractivity contribution is 1.09. The van der Waals surface area contributed by atoms with Gasteiger partial charge in [0.2, 0.25) is 0 Å². The Morgan fingerprint density at radius 3 is 1.19 bits per heavy atom. The van der Waals surface area contributed by atoms with Gasteiger partial charge >= 0.3 is 0 Å². The van der Waals surface area contributed by atoms with Crippen molar-refractivity contribution in [2.24, 2.45) is 0 Å². The minimum atomic E-state index is 0.927. The van der Waals surface area contributed by atoms with Gasteiger partial charge in [0.1, 0.15) is 5.82 Å². The first-order valence-corrected chi connectivity index (χ1v) is 27.0. The smallest absolute Gasteiger partial charge is 0.145 e. The minimum absolute atomic E-state index is 0.927. The van der Waals surface area contributed by atoms with E-state index in [4.69, 9.17) is 4.98 Å². The van der Waals surface area contributed by atoms with Gasteiger partial charge in [0.05, 0.1) is 22.1 Å². The van der Waals surface area contributed by atoms with Crippen molar-refractivity contribution in [3.05, 3.63) is 188 Å². The van der Waals surface area contributed by atoms with Crippen LogP contribution in [0.5, 0.6) is 0 Å². The molecule has 3 nitrogen and oxygen atoms in total. The Morgan fingerprint density at radius 2 is 0.647 bits per heavy atom. The van der Waals surface area contributed by atoms with E-state index in [1.165, 1.54) is 64.2 Å². The van der Waals surface area contributed by atoms with E-state index in [1.54, 1.807) is 13.8 Å². The molecule has 0 saturated carbocycles. The summed E-state index contributed by atoms with van der Waals surface area (Å²) in [6.45, 7) is 3.39. The third kappa shape index (κ3) is 13.9. The average Bonchev–Trinajstić information content (AvgIpc) is 2.51. The van der Waals surface area contributed by atoms with Crippen molar-refractivity contribution in [3.63, 3.8) is 0 Å². The third-order valence-electron chi connectivity index (χ3n) is 12.5. The highest BCUT2D eigenvalue weighted by Crippen LogP contribution is 2.39. The molecule has 0 radical (unpaired) electrons. The Hall–Kier alpha value is -13.4. The lowest BCUT2D eigenvalue weighted by Gasteiger charge is -2.13. The van der Waals surface area contributed by atoms with Crippen LogP contribution in [0, 0.1) is 178 Å². The van der Waals surface area contributed by atoms with Crippen LogP contribution in [0.3, 0.4) is 0 Å². The van der Waals surface area contributed by atoms with E-state index >= 15 is 0 Å². The van der Waals surface area contributed by atoms with Gasteiger partial charge in [0.15, 0.2) is 0 Å². The molecule has 85 heavy (non-hydrogen) atoms. The molecule has 0 aliphatic carbocycles. The zero-order valence-corrected chi connectivity index (χ0v) is 46.5. The molecule has 0 saturated heterocycles. The van der Waals surface area contributed by atoms with Crippen molar-refractivity contribution < 1.29 is 0 Å². The molecule has 8 aromatic carbocycles. The highest BCUT2D eigenvalue weighted by Gasteiger charge is 2.17. The fourth-order valence-corrected chi connectivity index (χ4v) is 10.0. The predicted octanol–water partition coefficient (Wildman–Crippen LogP) is 14.6. The molecule has 4 heteroatoms. The van der Waals surface area contributed by atoms with Crippen molar-refractivity contribution in [1.82, 2.24) is 14.1 Å². The molecule has 0 atom stereocenters. The number of rotatable bonds is 5. The monoisotopic (exact) mass is 1080 g/mol. The Kier molecular flexibility index (Phi) is 18.4. The summed E-state index contributed by atoms with van der Waals surface area (Å²) in [6.07, 6.45) is 0. The van der Waals surface area contributed by atoms with E-state index in [-0.39, 0.29) is 0 Å². The summed E-state index contributed by atoms with van der Waals surface area (Å²) in [7, 11) is 0. The molecule has 0 aliphatic heterocycles. The van der Waals surface area contributed by atoms with Crippen LogP contribution in [-0.2, 0) is 0 Å². The lowest BCUT2D eigenvalue weighted by Crippen LogP contribution is -1.99. The van der Waals surface area contributed by atoms with Crippen molar-refractivity contribution in [3.8, 4) is 223 Å². The molecular formula is C81H37N3S. The number of thiophene rings is 1. The van der Waals surface area contributed by atoms with Gasteiger partial charge < -0.3 is 4.57 Å². The molecule has 382 valence electrons. The number of nitrogens with zero attached hydrogens (tertiary/aromatic N) is 3. The first-order valence-electron chi connectivity index (χ1n) is 26.2. The van der Waals surface area contributed by atoms with E-state index in [0.29, 0.717) is 0 Å². The van der Waals surface area contributed by atoms with Gasteiger partial charge in [0, 0.05) is 119 Å². The van der Waals surface area contributed by atoms with Gasteiger partial charge in [-0.2, -0.15) is 0 Å². The summed E-state index contributed by atoms with van der Waals surface area (Å²) in [5.74, 6) is 76.5. The van der Waals surface area contributed by atoms with Crippen LogP contribution < -0.4 is 0 Å². The fourth-order valence-electron chi connectivity index (χ4n) is 8.95. The van der Waals surface area contributed by atoms with Crippen molar-refractivity contribution in [1.29, 1.82) is 0 Å². The van der Waals surface area contributed by atoms with Crippen molar-refractivity contribution >= 4 is 64.3 Å². The predicted molar refractivity (Wildman–Crippen MR) is 353 cm³/mol. The molecule has 0 spiro atoms. The number of aromatic nitrogens is 3. The summed E-state index contributed by atoms with van der Waals surface area (Å²) in [5.41, 5.74) is 12.6. The Bertz CT molecular complexity index is 5390. The Balaban J connectivity index is 0.000000218. The first kappa shape index (κ1) is 55.0. The molecule has 3 aromatic heterocycles. The van der Waals surface area contributed by atoms with Gasteiger partial charge in [-0.3, -0.25) is 4.57 Å². The highest BCUT2D eigenvalue weighted by atomic mass is 32.1. The molecule has 0 N–H and O–H groups in total. The van der Waals surface area contributed by atoms with E-state index in [1.807, 2.05) is 11.3 Å². The number of para-hydroxylation sites is 3. The number of benzene rings is 8. The SMILES string of the molecule is CC#CC#CC#CC#CC#CC#CC#CC#CC#CC#CC#CC#CC#CC#CC#CC.c1ccc(-c2ccc(-c3nc4ccccc4n3-c3ccc(-n4c5ccccc5c5cc(-c6ccc7sc8ccccc8c7c6)ccc54)cc3)cc2)cc1. The molecular weight excluding hydrogens is 1050 g/mol. The maximum Gasteiger partial charge on any atom is 0.145 e. The summed E-state index contributed by atoms with van der Waals surface area (Å²) in [5, 5.41) is 5.15. The molecule has 0 fully saturated rings.